The average molecular weight is 478 g/mol. The van der Waals surface area contributed by atoms with Gasteiger partial charge in [-0.05, 0) is 50.7 Å². The standard InChI is InChI=1S/C22H35N7O3S/c1-26-10-12-28(13-11-26)33(30,31)20-5-2-4-19(18-20)29-21(23)25-8-7-22(29,24)6-3-9-27-14-16-32-17-15-27/h2,4-5,7-8,18H,3,6,9-17,24H2,1H3,(H2,23,25). The van der Waals surface area contributed by atoms with Crippen LogP contribution >= 0.6 is 0 Å². The van der Waals surface area contributed by atoms with E-state index in [2.05, 4.69) is 14.8 Å². The summed E-state index contributed by atoms with van der Waals surface area (Å²) in [6.07, 6.45) is 4.98. The maximum atomic E-state index is 13.3. The Labute approximate surface area is 196 Å². The molecule has 3 aliphatic rings. The molecule has 0 saturated carbocycles. The number of guanidine groups is 1. The van der Waals surface area contributed by atoms with E-state index in [0.717, 1.165) is 39.3 Å². The smallest absolute Gasteiger partial charge is 0.243 e. The van der Waals surface area contributed by atoms with Gasteiger partial charge in [0, 0.05) is 51.2 Å². The summed E-state index contributed by atoms with van der Waals surface area (Å²) in [7, 11) is -1.61. The third-order valence-corrected chi connectivity index (χ3v) is 8.44. The van der Waals surface area contributed by atoms with Crippen molar-refractivity contribution < 1.29 is 13.2 Å². The number of sulfonamides is 1. The maximum Gasteiger partial charge on any atom is 0.243 e. The van der Waals surface area contributed by atoms with Gasteiger partial charge in [0.2, 0.25) is 16.0 Å². The van der Waals surface area contributed by atoms with Gasteiger partial charge in [-0.1, -0.05) is 6.07 Å². The number of hydrogen-bond donors (Lipinski definition) is 2. The first-order chi connectivity index (χ1) is 15.8. The number of benzene rings is 1. The van der Waals surface area contributed by atoms with E-state index in [0.29, 0.717) is 38.3 Å². The van der Waals surface area contributed by atoms with E-state index < -0.39 is 15.7 Å². The van der Waals surface area contributed by atoms with Crippen molar-refractivity contribution in [3.05, 3.63) is 36.5 Å². The van der Waals surface area contributed by atoms with E-state index in [1.165, 1.54) is 4.31 Å². The largest absolute Gasteiger partial charge is 0.379 e. The molecule has 3 heterocycles. The molecule has 0 bridgehead atoms. The number of likely N-dealkylation sites (N-methyl/N-ethyl adjacent to an activating group) is 1. The Kier molecular flexibility index (Phi) is 7.37. The summed E-state index contributed by atoms with van der Waals surface area (Å²) in [4.78, 5) is 10.7. The Balaban J connectivity index is 1.53. The Bertz CT molecular complexity index is 985. The fraction of sp³-hybridized carbons (Fsp3) is 0.591. The first-order valence-corrected chi connectivity index (χ1v) is 12.9. The Morgan fingerprint density at radius 2 is 1.85 bits per heavy atom. The minimum atomic E-state index is -3.61. The molecular weight excluding hydrogens is 442 g/mol. The number of anilines is 1. The van der Waals surface area contributed by atoms with Crippen molar-refractivity contribution in [1.29, 1.82) is 0 Å². The summed E-state index contributed by atoms with van der Waals surface area (Å²) in [5.74, 6) is 0.250. The summed E-state index contributed by atoms with van der Waals surface area (Å²) in [6.45, 7) is 6.65. The first-order valence-electron chi connectivity index (χ1n) is 11.5. The molecule has 3 aliphatic heterocycles. The molecule has 1 atom stereocenters. The highest BCUT2D eigenvalue weighted by atomic mass is 32.2. The molecule has 1 unspecified atom stereocenters. The minimum absolute atomic E-state index is 0.238. The third-order valence-electron chi connectivity index (χ3n) is 6.55. The van der Waals surface area contributed by atoms with E-state index in [-0.39, 0.29) is 10.9 Å². The second-order valence-electron chi connectivity index (χ2n) is 8.89. The van der Waals surface area contributed by atoms with Crippen molar-refractivity contribution in [3.63, 3.8) is 0 Å². The predicted octanol–water partition coefficient (Wildman–Crippen LogP) is 0.0385. The van der Waals surface area contributed by atoms with E-state index in [9.17, 15) is 8.42 Å². The highest BCUT2D eigenvalue weighted by molar-refractivity contribution is 7.89. The number of nitrogens with two attached hydrogens (primary N) is 2. The van der Waals surface area contributed by atoms with Gasteiger partial charge in [0.25, 0.3) is 0 Å². The molecule has 10 nitrogen and oxygen atoms in total. The number of ether oxygens (including phenoxy) is 1. The lowest BCUT2D eigenvalue weighted by atomic mass is 10.00. The summed E-state index contributed by atoms with van der Waals surface area (Å²) in [6, 6.07) is 6.84. The molecule has 2 fully saturated rings. The second-order valence-corrected chi connectivity index (χ2v) is 10.8. The van der Waals surface area contributed by atoms with Gasteiger partial charge in [-0.2, -0.15) is 4.31 Å². The molecular formula is C22H35N7O3S. The fourth-order valence-corrected chi connectivity index (χ4v) is 5.99. The lowest BCUT2D eigenvalue weighted by Crippen LogP contribution is -2.61. The predicted molar refractivity (Wildman–Crippen MR) is 129 cm³/mol. The van der Waals surface area contributed by atoms with Gasteiger partial charge < -0.3 is 21.1 Å². The van der Waals surface area contributed by atoms with Gasteiger partial charge in [0.15, 0.2) is 0 Å². The zero-order valence-corrected chi connectivity index (χ0v) is 20.1. The molecule has 33 heavy (non-hydrogen) atoms. The van der Waals surface area contributed by atoms with E-state index in [1.807, 2.05) is 19.2 Å². The van der Waals surface area contributed by atoms with Gasteiger partial charge in [-0.25, -0.2) is 13.4 Å². The Morgan fingerprint density at radius 1 is 1.12 bits per heavy atom. The molecule has 1 aromatic rings. The molecule has 4 rings (SSSR count). The molecule has 1 aromatic carbocycles. The quantitative estimate of drug-likeness (QED) is 0.565. The molecule has 0 amide bonds. The third kappa shape index (κ3) is 5.39. The van der Waals surface area contributed by atoms with Crippen molar-refractivity contribution in [2.24, 2.45) is 16.5 Å². The van der Waals surface area contributed by atoms with Crippen molar-refractivity contribution in [3.8, 4) is 0 Å². The molecule has 0 spiro atoms. The molecule has 0 aliphatic carbocycles. The topological polar surface area (TPSA) is 121 Å². The number of rotatable bonds is 7. The second kappa shape index (κ2) is 10.1. The summed E-state index contributed by atoms with van der Waals surface area (Å²) in [5, 5.41) is 0. The molecule has 0 aromatic heterocycles. The highest BCUT2D eigenvalue weighted by Gasteiger charge is 2.36. The van der Waals surface area contributed by atoms with Gasteiger partial charge in [-0.3, -0.25) is 9.80 Å². The van der Waals surface area contributed by atoms with Crippen molar-refractivity contribution >= 4 is 21.7 Å². The SMILES string of the molecule is CN1CCN(S(=O)(=O)c2cccc(N3C(N)=NC=CC3(N)CCCN3CCOCC3)c2)CC1. The first kappa shape index (κ1) is 24.1. The lowest BCUT2D eigenvalue weighted by molar-refractivity contribution is 0.0367. The van der Waals surface area contributed by atoms with Crippen LogP contribution in [-0.4, -0.2) is 100 Å². The van der Waals surface area contributed by atoms with Crippen LogP contribution in [0.2, 0.25) is 0 Å². The van der Waals surface area contributed by atoms with E-state index in [1.54, 1.807) is 29.3 Å². The number of hydrogen-bond acceptors (Lipinski definition) is 9. The molecule has 0 radical (unpaired) electrons. The molecule has 11 heteroatoms. The molecule has 182 valence electrons. The van der Waals surface area contributed by atoms with Gasteiger partial charge >= 0.3 is 0 Å². The number of nitrogens with zero attached hydrogens (tertiary/aromatic N) is 5. The summed E-state index contributed by atoms with van der Waals surface area (Å²) >= 11 is 0. The van der Waals surface area contributed by atoms with E-state index in [4.69, 9.17) is 16.2 Å². The van der Waals surface area contributed by atoms with Gasteiger partial charge in [-0.15, -0.1) is 0 Å². The maximum absolute atomic E-state index is 13.3. The minimum Gasteiger partial charge on any atom is -0.379 e. The Morgan fingerprint density at radius 3 is 2.58 bits per heavy atom. The fourth-order valence-electron chi connectivity index (χ4n) is 4.53. The molecule has 4 N–H and O–H groups in total. The number of morpholine rings is 1. The van der Waals surface area contributed by atoms with Gasteiger partial charge in [0.1, 0.15) is 5.66 Å². The van der Waals surface area contributed by atoms with Crippen LogP contribution in [0.5, 0.6) is 0 Å². The van der Waals surface area contributed by atoms with Crippen LogP contribution in [0.4, 0.5) is 5.69 Å². The van der Waals surface area contributed by atoms with Crippen molar-refractivity contribution in [1.82, 2.24) is 14.1 Å². The monoisotopic (exact) mass is 477 g/mol. The Hall–Kier alpha value is -2.02. The summed E-state index contributed by atoms with van der Waals surface area (Å²) < 4.78 is 33.5. The number of aliphatic imine (C=N–C) groups is 1. The van der Waals surface area contributed by atoms with Crippen LogP contribution in [0.15, 0.2) is 46.4 Å². The van der Waals surface area contributed by atoms with Crippen LogP contribution in [0.3, 0.4) is 0 Å². The van der Waals surface area contributed by atoms with Crippen LogP contribution in [0, 0.1) is 0 Å². The van der Waals surface area contributed by atoms with Crippen LogP contribution in [0.1, 0.15) is 12.8 Å². The van der Waals surface area contributed by atoms with Crippen molar-refractivity contribution in [2.75, 3.05) is 71.0 Å². The van der Waals surface area contributed by atoms with Gasteiger partial charge in [0.05, 0.1) is 18.1 Å². The van der Waals surface area contributed by atoms with E-state index >= 15 is 0 Å². The normalized spacial score (nSPS) is 25.9. The number of piperazine rings is 1. The zero-order valence-electron chi connectivity index (χ0n) is 19.3. The van der Waals surface area contributed by atoms with Crippen LogP contribution < -0.4 is 16.4 Å². The average Bonchev–Trinajstić information content (AvgIpc) is 2.80. The molecule has 2 saturated heterocycles. The summed E-state index contributed by atoms with van der Waals surface area (Å²) in [5.41, 5.74) is 12.8. The van der Waals surface area contributed by atoms with Crippen molar-refractivity contribution in [2.45, 2.75) is 23.4 Å². The highest BCUT2D eigenvalue weighted by Crippen LogP contribution is 2.30. The zero-order chi connectivity index (χ0) is 23.5. The van der Waals surface area contributed by atoms with Crippen LogP contribution in [0.25, 0.3) is 0 Å². The van der Waals surface area contributed by atoms with Crippen LogP contribution in [-0.2, 0) is 14.8 Å². The lowest BCUT2D eigenvalue weighted by Gasteiger charge is -2.42.